The lowest BCUT2D eigenvalue weighted by molar-refractivity contribution is 0.0678. The van der Waals surface area contributed by atoms with Crippen molar-refractivity contribution < 1.29 is 28.9 Å². The van der Waals surface area contributed by atoms with Gasteiger partial charge in [0.25, 0.3) is 11.1 Å². The van der Waals surface area contributed by atoms with Crippen molar-refractivity contribution in [3.63, 3.8) is 0 Å². The second kappa shape index (κ2) is 13.4. The molecule has 0 spiro atoms. The number of carbonyl (C=O) groups is 2. The second-order valence-corrected chi connectivity index (χ2v) is 11.1. The van der Waals surface area contributed by atoms with Gasteiger partial charge in [-0.25, -0.2) is 9.59 Å². The number of ether oxygens (including phenoxy) is 3. The van der Waals surface area contributed by atoms with Gasteiger partial charge in [-0.2, -0.15) is 0 Å². The number of carboxylic acids is 1. The summed E-state index contributed by atoms with van der Waals surface area (Å²) in [7, 11) is 2.94. The number of methoxy groups -OCH3 is 2. The number of hydrogen-bond acceptors (Lipinski definition) is 8. The lowest BCUT2D eigenvalue weighted by atomic mass is 9.97. The Morgan fingerprint density at radius 3 is 2.17 bits per heavy atom. The quantitative estimate of drug-likeness (QED) is 0.197. The van der Waals surface area contributed by atoms with Crippen LogP contribution < -0.4 is 30.2 Å². The fourth-order valence-electron chi connectivity index (χ4n) is 5.99. The number of nitrogens with one attached hydrogen (secondary N) is 2. The van der Waals surface area contributed by atoms with E-state index in [2.05, 4.69) is 20.9 Å². The van der Waals surface area contributed by atoms with Crippen molar-refractivity contribution in [2.24, 2.45) is 0 Å². The van der Waals surface area contributed by atoms with Crippen molar-refractivity contribution in [3.8, 4) is 39.8 Å². The smallest absolute Gasteiger partial charge is 0.349 e. The fraction of sp³-hybridized carbons (Fsp3) is 0.314. The first-order valence-corrected chi connectivity index (χ1v) is 15.2. The largest absolute Gasteiger partial charge is 0.497 e. The Labute approximate surface area is 265 Å². The summed E-state index contributed by atoms with van der Waals surface area (Å²) < 4.78 is 16.4. The minimum absolute atomic E-state index is 0.173. The predicted octanol–water partition coefficient (Wildman–Crippen LogP) is 5.37. The molecule has 46 heavy (non-hydrogen) atoms. The molecular formula is C35H37N3O8. The van der Waals surface area contributed by atoms with Gasteiger partial charge >= 0.3 is 11.9 Å². The van der Waals surface area contributed by atoms with Gasteiger partial charge in [-0.1, -0.05) is 19.9 Å². The molecule has 1 aliphatic rings. The zero-order valence-electron chi connectivity index (χ0n) is 26.5. The number of pyridine rings is 2. The van der Waals surface area contributed by atoms with Gasteiger partial charge in [0.05, 0.1) is 25.6 Å². The average Bonchev–Trinajstić information content (AvgIpc) is 3.59. The highest BCUT2D eigenvalue weighted by Crippen LogP contribution is 2.38. The van der Waals surface area contributed by atoms with Crippen LogP contribution in [0.5, 0.6) is 17.2 Å². The van der Waals surface area contributed by atoms with E-state index in [-0.39, 0.29) is 23.2 Å². The maximum absolute atomic E-state index is 13.6. The highest BCUT2D eigenvalue weighted by atomic mass is 16.5. The molecule has 11 heteroatoms. The predicted molar refractivity (Wildman–Crippen MR) is 175 cm³/mol. The minimum atomic E-state index is -1.58. The SMILES string of the molecule is CCc1cc(C(=O)Oc2c(CC)c(-c3ccc(OC)cc3OC)[nH]c(=O)c2C(=O)O)c(=O)[nH]c1-c1ccc(N2CCCC2)cc1C. The number of benzene rings is 2. The fourth-order valence-corrected chi connectivity index (χ4v) is 5.99. The second-order valence-electron chi connectivity index (χ2n) is 11.1. The normalized spacial score (nSPS) is 12.7. The number of aryl methyl sites for hydroxylation is 2. The summed E-state index contributed by atoms with van der Waals surface area (Å²) in [5.41, 5.74) is 2.39. The number of aromatic carboxylic acids is 1. The molecule has 3 heterocycles. The van der Waals surface area contributed by atoms with Gasteiger partial charge in [-0.05, 0) is 74.1 Å². The van der Waals surface area contributed by atoms with Crippen molar-refractivity contribution in [2.45, 2.75) is 46.5 Å². The summed E-state index contributed by atoms with van der Waals surface area (Å²) in [5, 5.41) is 9.97. The number of anilines is 1. The van der Waals surface area contributed by atoms with Crippen molar-refractivity contribution >= 4 is 17.6 Å². The average molecular weight is 628 g/mol. The maximum atomic E-state index is 13.6. The highest BCUT2D eigenvalue weighted by Gasteiger charge is 2.28. The summed E-state index contributed by atoms with van der Waals surface area (Å²) in [6.07, 6.45) is 2.99. The van der Waals surface area contributed by atoms with Gasteiger partial charge in [0.1, 0.15) is 17.1 Å². The van der Waals surface area contributed by atoms with E-state index in [1.165, 1.54) is 20.3 Å². The Morgan fingerprint density at radius 1 is 0.870 bits per heavy atom. The molecule has 0 saturated carbocycles. The molecule has 2 aromatic carbocycles. The van der Waals surface area contributed by atoms with E-state index >= 15 is 0 Å². The molecule has 5 rings (SSSR count). The van der Waals surface area contributed by atoms with Crippen molar-refractivity contribution in [2.75, 3.05) is 32.2 Å². The van der Waals surface area contributed by atoms with E-state index in [1.807, 2.05) is 26.0 Å². The van der Waals surface area contributed by atoms with E-state index in [4.69, 9.17) is 14.2 Å². The van der Waals surface area contributed by atoms with E-state index in [1.54, 1.807) is 25.1 Å². The lowest BCUT2D eigenvalue weighted by Crippen LogP contribution is -2.27. The zero-order chi connectivity index (χ0) is 33.1. The van der Waals surface area contributed by atoms with Gasteiger partial charge in [-0.3, -0.25) is 9.59 Å². The van der Waals surface area contributed by atoms with Gasteiger partial charge in [0.15, 0.2) is 11.3 Å². The Kier molecular flexibility index (Phi) is 9.31. The number of carboxylic acid groups (broad SMARTS) is 1. The van der Waals surface area contributed by atoms with Gasteiger partial charge in [-0.15, -0.1) is 0 Å². The Hall–Kier alpha value is -5.32. The van der Waals surface area contributed by atoms with Gasteiger partial charge < -0.3 is 34.2 Å². The molecule has 11 nitrogen and oxygen atoms in total. The van der Waals surface area contributed by atoms with Crippen LogP contribution in [0.2, 0.25) is 0 Å². The van der Waals surface area contributed by atoms with Crippen LogP contribution in [0.25, 0.3) is 22.5 Å². The van der Waals surface area contributed by atoms with Gasteiger partial charge in [0, 0.05) is 41.5 Å². The number of aromatic nitrogens is 2. The molecule has 1 aliphatic heterocycles. The topological polar surface area (TPSA) is 151 Å². The van der Waals surface area contributed by atoms with Crippen LogP contribution >= 0.6 is 0 Å². The number of H-pyrrole nitrogens is 2. The number of hydrogen-bond donors (Lipinski definition) is 3. The third-order valence-corrected chi connectivity index (χ3v) is 8.38. The Morgan fingerprint density at radius 2 is 1.57 bits per heavy atom. The molecule has 0 unspecified atom stereocenters. The summed E-state index contributed by atoms with van der Waals surface area (Å²) in [6.45, 7) is 7.64. The van der Waals surface area contributed by atoms with Crippen LogP contribution in [0.1, 0.15) is 64.1 Å². The van der Waals surface area contributed by atoms with Crippen LogP contribution in [0.4, 0.5) is 5.69 Å². The molecule has 2 aromatic heterocycles. The molecule has 4 aromatic rings. The summed E-state index contributed by atoms with van der Waals surface area (Å²) in [6, 6.07) is 12.5. The number of carbonyl (C=O) groups excluding carboxylic acids is 1. The van der Waals surface area contributed by atoms with Crippen molar-refractivity contribution in [1.82, 2.24) is 9.97 Å². The molecule has 0 bridgehead atoms. The van der Waals surface area contributed by atoms with E-state index in [9.17, 15) is 24.3 Å². The molecule has 0 radical (unpaired) electrons. The van der Waals surface area contributed by atoms with E-state index < -0.39 is 34.4 Å². The number of rotatable bonds is 10. The molecular weight excluding hydrogens is 590 g/mol. The van der Waals surface area contributed by atoms with Gasteiger partial charge in [0.2, 0.25) is 0 Å². The summed E-state index contributed by atoms with van der Waals surface area (Å²) in [5.74, 6) is -2.26. The van der Waals surface area contributed by atoms with Crippen LogP contribution in [-0.2, 0) is 12.8 Å². The van der Waals surface area contributed by atoms with Crippen molar-refractivity contribution in [3.05, 3.63) is 91.0 Å². The minimum Gasteiger partial charge on any atom is -0.497 e. The van der Waals surface area contributed by atoms with Crippen LogP contribution in [0.15, 0.2) is 52.1 Å². The van der Waals surface area contributed by atoms with E-state index in [0.29, 0.717) is 34.7 Å². The number of aromatic amines is 2. The molecule has 0 aliphatic carbocycles. The standard InChI is InChI=1S/C35H37N3O8/c1-6-20-17-26(32(39)36-29(20)24-12-10-21(16-19(24)3)38-14-8-9-15-38)35(43)46-31-23(7-2)30(37-33(40)28(31)34(41)42)25-13-11-22(44-4)18-27(25)45-5/h10-13,16-18H,6-9,14-15H2,1-5H3,(H,36,39)(H,37,40)(H,41,42). The molecule has 1 fully saturated rings. The molecule has 0 amide bonds. The highest BCUT2D eigenvalue weighted by molar-refractivity contribution is 5.97. The maximum Gasteiger partial charge on any atom is 0.349 e. The Balaban J connectivity index is 1.58. The summed E-state index contributed by atoms with van der Waals surface area (Å²) in [4.78, 5) is 60.2. The number of nitrogens with zero attached hydrogens (tertiary/aromatic N) is 1. The first-order chi connectivity index (χ1) is 22.1. The third-order valence-electron chi connectivity index (χ3n) is 8.38. The first-order valence-electron chi connectivity index (χ1n) is 15.2. The van der Waals surface area contributed by atoms with Crippen LogP contribution in [0.3, 0.4) is 0 Å². The lowest BCUT2D eigenvalue weighted by Gasteiger charge is -2.20. The molecule has 1 saturated heterocycles. The van der Waals surface area contributed by atoms with E-state index in [0.717, 1.165) is 42.7 Å². The molecule has 3 N–H and O–H groups in total. The van der Waals surface area contributed by atoms with Crippen LogP contribution in [-0.4, -0.2) is 54.3 Å². The van der Waals surface area contributed by atoms with Crippen molar-refractivity contribution in [1.29, 1.82) is 0 Å². The Bertz CT molecular complexity index is 1940. The molecule has 0 atom stereocenters. The summed E-state index contributed by atoms with van der Waals surface area (Å²) >= 11 is 0. The third kappa shape index (κ3) is 6.00. The molecule has 240 valence electrons. The number of esters is 1. The first kappa shape index (κ1) is 32.1. The van der Waals surface area contributed by atoms with Crippen LogP contribution in [0, 0.1) is 6.92 Å². The monoisotopic (exact) mass is 627 g/mol. The zero-order valence-corrected chi connectivity index (χ0v) is 26.5.